The molecule has 6 nitrogen and oxygen atoms in total. The number of thioether (sulfide) groups is 1. The Labute approximate surface area is 169 Å². The first-order valence-corrected chi connectivity index (χ1v) is 10.5. The number of hydrogen-bond acceptors (Lipinski definition) is 6. The first-order valence-electron chi connectivity index (χ1n) is 8.38. The highest BCUT2D eigenvalue weighted by Crippen LogP contribution is 2.23. The van der Waals surface area contributed by atoms with Crippen molar-refractivity contribution in [3.63, 3.8) is 0 Å². The van der Waals surface area contributed by atoms with Crippen molar-refractivity contribution in [1.82, 2.24) is 14.9 Å². The Morgan fingerprint density at radius 1 is 1.32 bits per heavy atom. The number of rotatable bonds is 7. The minimum Gasteiger partial charge on any atom is -0.448 e. The molecule has 9 heteroatoms. The molecule has 0 aliphatic rings. The van der Waals surface area contributed by atoms with Crippen LogP contribution in [0.1, 0.15) is 22.3 Å². The summed E-state index contributed by atoms with van der Waals surface area (Å²) in [5.74, 6) is -1.45. The van der Waals surface area contributed by atoms with Crippen LogP contribution < -0.4 is 5.32 Å². The van der Waals surface area contributed by atoms with Crippen molar-refractivity contribution >= 4 is 35.0 Å². The van der Waals surface area contributed by atoms with E-state index in [-0.39, 0.29) is 17.4 Å². The monoisotopic (exact) mass is 419 g/mol. The smallest absolute Gasteiger partial charge is 0.357 e. The van der Waals surface area contributed by atoms with Gasteiger partial charge in [-0.15, -0.1) is 11.3 Å². The summed E-state index contributed by atoms with van der Waals surface area (Å²) in [6.07, 6.45) is 2.23. The number of esters is 1. The molecule has 28 heavy (non-hydrogen) atoms. The zero-order valence-corrected chi connectivity index (χ0v) is 16.8. The summed E-state index contributed by atoms with van der Waals surface area (Å²) in [6, 6.07) is 9.50. The Bertz CT molecular complexity index is 955. The molecular weight excluding hydrogens is 401 g/mol. The van der Waals surface area contributed by atoms with Gasteiger partial charge >= 0.3 is 5.97 Å². The number of carbonyl (C=O) groups excluding carboxylic acids is 2. The number of aromatic nitrogens is 2. The van der Waals surface area contributed by atoms with Gasteiger partial charge in [0, 0.05) is 10.6 Å². The van der Waals surface area contributed by atoms with Gasteiger partial charge in [-0.05, 0) is 48.9 Å². The molecule has 0 aliphatic heterocycles. The predicted octanol–water partition coefficient (Wildman–Crippen LogP) is 3.66. The first-order chi connectivity index (χ1) is 13.5. The Hall–Kier alpha value is -2.65. The number of benzene rings is 1. The highest BCUT2D eigenvalue weighted by atomic mass is 32.2. The number of nitrogens with zero attached hydrogens (tertiary/aromatic N) is 2. The second-order valence-electron chi connectivity index (χ2n) is 5.79. The molecule has 0 saturated heterocycles. The van der Waals surface area contributed by atoms with Crippen molar-refractivity contribution in [2.45, 2.75) is 24.7 Å². The van der Waals surface area contributed by atoms with Gasteiger partial charge in [-0.25, -0.2) is 14.2 Å². The maximum absolute atomic E-state index is 13.2. The van der Waals surface area contributed by atoms with Crippen LogP contribution in [0.25, 0.3) is 5.69 Å². The molecule has 2 aromatic heterocycles. The molecule has 1 aromatic carbocycles. The van der Waals surface area contributed by atoms with E-state index in [0.29, 0.717) is 17.4 Å². The van der Waals surface area contributed by atoms with E-state index in [4.69, 9.17) is 4.74 Å². The van der Waals surface area contributed by atoms with E-state index >= 15 is 0 Å². The fourth-order valence-corrected chi connectivity index (χ4v) is 3.66. The summed E-state index contributed by atoms with van der Waals surface area (Å²) in [5.41, 5.74) is 0.735. The van der Waals surface area contributed by atoms with Gasteiger partial charge in [-0.1, -0.05) is 17.8 Å². The molecule has 0 radical (unpaired) electrons. The van der Waals surface area contributed by atoms with Gasteiger partial charge in [0.05, 0.1) is 12.7 Å². The lowest BCUT2D eigenvalue weighted by Gasteiger charge is -2.15. The Morgan fingerprint density at radius 2 is 2.07 bits per heavy atom. The summed E-state index contributed by atoms with van der Waals surface area (Å²) < 4.78 is 20.1. The van der Waals surface area contributed by atoms with Crippen LogP contribution in [-0.4, -0.2) is 33.8 Å². The number of thiophene rings is 1. The molecule has 0 aliphatic carbocycles. The Kier molecular flexibility index (Phi) is 6.48. The van der Waals surface area contributed by atoms with E-state index in [0.717, 1.165) is 4.88 Å². The molecule has 0 saturated carbocycles. The second kappa shape index (κ2) is 9.03. The lowest BCUT2D eigenvalue weighted by atomic mass is 10.3. The molecule has 1 N–H and O–H groups in total. The zero-order valence-electron chi connectivity index (χ0n) is 15.2. The van der Waals surface area contributed by atoms with Crippen LogP contribution in [0.4, 0.5) is 4.39 Å². The molecule has 1 atom stereocenters. The van der Waals surface area contributed by atoms with Crippen molar-refractivity contribution in [2.24, 2.45) is 0 Å². The summed E-state index contributed by atoms with van der Waals surface area (Å²) >= 11 is 2.87. The third kappa shape index (κ3) is 4.60. The molecule has 3 aromatic rings. The van der Waals surface area contributed by atoms with Crippen molar-refractivity contribution in [3.05, 3.63) is 64.4 Å². The van der Waals surface area contributed by atoms with E-state index in [1.165, 1.54) is 48.4 Å². The van der Waals surface area contributed by atoms with Crippen molar-refractivity contribution in [3.8, 4) is 5.69 Å². The molecule has 1 amide bonds. The minimum absolute atomic E-state index is 0.161. The summed E-state index contributed by atoms with van der Waals surface area (Å²) in [4.78, 5) is 30.1. The largest absolute Gasteiger partial charge is 0.448 e. The number of nitrogens with one attached hydrogen (secondary N) is 1. The van der Waals surface area contributed by atoms with Crippen LogP contribution in [0.5, 0.6) is 0 Å². The van der Waals surface area contributed by atoms with Crippen molar-refractivity contribution in [1.29, 1.82) is 0 Å². The van der Waals surface area contributed by atoms with Crippen LogP contribution in [0, 0.1) is 5.82 Å². The van der Waals surface area contributed by atoms with E-state index < -0.39 is 12.1 Å². The molecule has 1 unspecified atom stereocenters. The Morgan fingerprint density at radius 3 is 2.71 bits per heavy atom. The lowest BCUT2D eigenvalue weighted by molar-refractivity contribution is -0.129. The normalized spacial score (nSPS) is 11.8. The number of carbonyl (C=O) groups is 2. The van der Waals surface area contributed by atoms with E-state index in [1.54, 1.807) is 16.7 Å². The molecule has 3 rings (SSSR count). The standard InChI is InChI=1S/C19H18FN3O3S2/c1-12(17(24)21-10-15-4-3-9-28-15)26-18(25)16-11-22-19(27-2)23(16)14-7-5-13(20)6-8-14/h3-9,11-12H,10H2,1-2H3,(H,21,24). The van der Waals surface area contributed by atoms with Gasteiger partial charge in [0.2, 0.25) is 0 Å². The quantitative estimate of drug-likeness (QED) is 0.467. The van der Waals surface area contributed by atoms with Gasteiger partial charge in [-0.3, -0.25) is 9.36 Å². The minimum atomic E-state index is -0.971. The number of halogens is 1. The van der Waals surface area contributed by atoms with Gasteiger partial charge in [0.15, 0.2) is 17.0 Å². The maximum atomic E-state index is 13.2. The molecule has 0 spiro atoms. The third-order valence-electron chi connectivity index (χ3n) is 3.88. The van der Waals surface area contributed by atoms with E-state index in [2.05, 4.69) is 10.3 Å². The van der Waals surface area contributed by atoms with Crippen LogP contribution in [0.2, 0.25) is 0 Å². The highest BCUT2D eigenvalue weighted by Gasteiger charge is 2.23. The van der Waals surface area contributed by atoms with Crippen LogP contribution in [-0.2, 0) is 16.1 Å². The van der Waals surface area contributed by atoms with Gasteiger partial charge in [0.25, 0.3) is 5.91 Å². The Balaban J connectivity index is 1.72. The SMILES string of the molecule is CSc1ncc(C(=O)OC(C)C(=O)NCc2cccs2)n1-c1ccc(F)cc1. The first kappa shape index (κ1) is 20.1. The van der Waals surface area contributed by atoms with Crippen LogP contribution in [0.15, 0.2) is 53.1 Å². The fraction of sp³-hybridized carbons (Fsp3) is 0.211. The average Bonchev–Trinajstić information content (AvgIpc) is 3.36. The number of amides is 1. The lowest BCUT2D eigenvalue weighted by Crippen LogP contribution is -2.35. The van der Waals surface area contributed by atoms with E-state index in [1.807, 2.05) is 23.8 Å². The predicted molar refractivity (Wildman–Crippen MR) is 106 cm³/mol. The molecular formula is C19H18FN3O3S2. The third-order valence-corrected chi connectivity index (χ3v) is 5.41. The van der Waals surface area contributed by atoms with Crippen molar-refractivity contribution in [2.75, 3.05) is 6.26 Å². The maximum Gasteiger partial charge on any atom is 0.357 e. The topological polar surface area (TPSA) is 73.2 Å². The van der Waals surface area contributed by atoms with Gasteiger partial charge in [-0.2, -0.15) is 0 Å². The molecule has 0 fully saturated rings. The van der Waals surface area contributed by atoms with Gasteiger partial charge < -0.3 is 10.1 Å². The van der Waals surface area contributed by atoms with Crippen LogP contribution in [0.3, 0.4) is 0 Å². The van der Waals surface area contributed by atoms with E-state index in [9.17, 15) is 14.0 Å². The number of ether oxygens (including phenoxy) is 1. The molecule has 146 valence electrons. The van der Waals surface area contributed by atoms with Gasteiger partial charge in [0.1, 0.15) is 5.82 Å². The second-order valence-corrected chi connectivity index (χ2v) is 7.59. The highest BCUT2D eigenvalue weighted by molar-refractivity contribution is 7.98. The average molecular weight is 420 g/mol. The van der Waals surface area contributed by atoms with Crippen LogP contribution >= 0.6 is 23.1 Å². The fourth-order valence-electron chi connectivity index (χ4n) is 2.47. The zero-order chi connectivity index (χ0) is 20.1. The number of hydrogen-bond donors (Lipinski definition) is 1. The molecule has 2 heterocycles. The van der Waals surface area contributed by atoms with Crippen molar-refractivity contribution < 1.29 is 18.7 Å². The summed E-state index contributed by atoms with van der Waals surface area (Å²) in [5, 5.41) is 5.21. The summed E-state index contributed by atoms with van der Waals surface area (Å²) in [6.45, 7) is 1.89. The number of imidazole rings is 1. The molecule has 0 bridgehead atoms. The summed E-state index contributed by atoms with van der Waals surface area (Å²) in [7, 11) is 0.